The molecule has 0 fully saturated rings. The number of amides is 1. The summed E-state index contributed by atoms with van der Waals surface area (Å²) in [5, 5.41) is 10.8. The number of phenolic OH excluding ortho intramolecular Hbond substituents is 1. The van der Waals surface area contributed by atoms with Gasteiger partial charge in [-0.3, -0.25) is 9.69 Å². The Kier molecular flexibility index (Phi) is 4.88. The Morgan fingerprint density at radius 1 is 1.19 bits per heavy atom. The van der Waals surface area contributed by atoms with E-state index in [9.17, 15) is 9.90 Å². The smallest absolute Gasteiger partial charge is 0.295 e. The maximum atomic E-state index is 12.5. The number of halogens is 1. The zero-order valence-electron chi connectivity index (χ0n) is 15.2. The van der Waals surface area contributed by atoms with Crippen molar-refractivity contribution in [2.75, 3.05) is 4.90 Å². The zero-order valence-corrected chi connectivity index (χ0v) is 16.0. The van der Waals surface area contributed by atoms with Gasteiger partial charge in [0.1, 0.15) is 17.3 Å². The number of hydrogen-bond acceptors (Lipinski definition) is 3. The first kappa shape index (κ1) is 18.2. The van der Waals surface area contributed by atoms with E-state index in [0.29, 0.717) is 16.6 Å². The molecule has 1 aliphatic rings. The quantitative estimate of drug-likeness (QED) is 0.749. The molecule has 0 saturated carbocycles. The van der Waals surface area contributed by atoms with Crippen LogP contribution < -0.4 is 4.90 Å². The minimum atomic E-state index is -0.305. The second kappa shape index (κ2) is 6.96. The highest BCUT2D eigenvalue weighted by atomic mass is 35.5. The topological polar surface area (TPSA) is 52.9 Å². The number of aromatic hydroxyl groups is 1. The molecule has 134 valence electrons. The van der Waals surface area contributed by atoms with Crippen LogP contribution in [-0.4, -0.2) is 16.8 Å². The van der Waals surface area contributed by atoms with Crippen molar-refractivity contribution in [3.8, 4) is 5.75 Å². The SMILES string of the molecule is CC1=NC(=O)C(=Cc2ccccc2Cl)N1c1cc(C(C)C)c(O)cc1C. The van der Waals surface area contributed by atoms with Gasteiger partial charge in [-0.05, 0) is 60.7 Å². The predicted molar refractivity (Wildman–Crippen MR) is 107 cm³/mol. The highest BCUT2D eigenvalue weighted by Gasteiger charge is 2.30. The van der Waals surface area contributed by atoms with Crippen LogP contribution in [0.2, 0.25) is 5.02 Å². The number of rotatable bonds is 3. The average molecular weight is 369 g/mol. The first-order chi connectivity index (χ1) is 12.3. The number of carbonyl (C=O) groups is 1. The summed E-state index contributed by atoms with van der Waals surface area (Å²) in [6.07, 6.45) is 1.76. The molecule has 1 amide bonds. The third kappa shape index (κ3) is 3.25. The minimum absolute atomic E-state index is 0.154. The second-order valence-electron chi connectivity index (χ2n) is 6.70. The first-order valence-corrected chi connectivity index (χ1v) is 8.87. The molecule has 0 bridgehead atoms. The largest absolute Gasteiger partial charge is 0.508 e. The van der Waals surface area contributed by atoms with Crippen LogP contribution >= 0.6 is 11.6 Å². The summed E-state index contributed by atoms with van der Waals surface area (Å²) in [5.74, 6) is 0.705. The van der Waals surface area contributed by atoms with E-state index < -0.39 is 0 Å². The molecule has 1 heterocycles. The Balaban J connectivity index is 2.16. The molecule has 0 unspecified atom stereocenters. The van der Waals surface area contributed by atoms with Gasteiger partial charge in [0.2, 0.25) is 0 Å². The number of carbonyl (C=O) groups excluding carboxylic acids is 1. The Morgan fingerprint density at radius 3 is 2.54 bits per heavy atom. The summed E-state index contributed by atoms with van der Waals surface area (Å²) in [6.45, 7) is 7.74. The molecule has 0 radical (unpaired) electrons. The van der Waals surface area contributed by atoms with Crippen molar-refractivity contribution < 1.29 is 9.90 Å². The summed E-state index contributed by atoms with van der Waals surface area (Å²) >= 11 is 6.25. The maximum absolute atomic E-state index is 12.5. The fourth-order valence-corrected chi connectivity index (χ4v) is 3.29. The van der Waals surface area contributed by atoms with Crippen molar-refractivity contribution in [2.24, 2.45) is 4.99 Å². The van der Waals surface area contributed by atoms with Gasteiger partial charge in [0.05, 0.1) is 5.69 Å². The molecule has 5 heteroatoms. The predicted octanol–water partition coefficient (Wildman–Crippen LogP) is 5.28. The molecular formula is C21H21ClN2O2. The van der Waals surface area contributed by atoms with Gasteiger partial charge in [0.15, 0.2) is 0 Å². The summed E-state index contributed by atoms with van der Waals surface area (Å²) < 4.78 is 0. The number of benzene rings is 2. The van der Waals surface area contributed by atoms with E-state index in [1.807, 2.05) is 49.9 Å². The van der Waals surface area contributed by atoms with Crippen LogP contribution in [0.15, 0.2) is 47.1 Å². The Hall–Kier alpha value is -2.59. The van der Waals surface area contributed by atoms with Crippen LogP contribution in [0.5, 0.6) is 5.75 Å². The van der Waals surface area contributed by atoms with Crippen LogP contribution in [0.3, 0.4) is 0 Å². The van der Waals surface area contributed by atoms with Gasteiger partial charge in [-0.15, -0.1) is 0 Å². The van der Waals surface area contributed by atoms with E-state index in [1.165, 1.54) is 0 Å². The molecule has 1 aliphatic heterocycles. The number of nitrogens with zero attached hydrogens (tertiary/aromatic N) is 2. The number of anilines is 1. The molecule has 26 heavy (non-hydrogen) atoms. The third-order valence-electron chi connectivity index (χ3n) is 4.45. The fraction of sp³-hybridized carbons (Fsp3) is 0.238. The molecular weight excluding hydrogens is 348 g/mol. The van der Waals surface area contributed by atoms with Crippen LogP contribution in [0.4, 0.5) is 5.69 Å². The summed E-state index contributed by atoms with van der Waals surface area (Å²) in [6, 6.07) is 11.0. The summed E-state index contributed by atoms with van der Waals surface area (Å²) in [7, 11) is 0. The Labute approximate surface area is 158 Å². The molecule has 2 aromatic carbocycles. The lowest BCUT2D eigenvalue weighted by atomic mass is 9.98. The maximum Gasteiger partial charge on any atom is 0.295 e. The fourth-order valence-electron chi connectivity index (χ4n) is 3.09. The molecule has 0 spiro atoms. The van der Waals surface area contributed by atoms with Gasteiger partial charge in [-0.1, -0.05) is 43.6 Å². The van der Waals surface area contributed by atoms with Crippen molar-refractivity contribution in [1.82, 2.24) is 0 Å². The molecule has 0 atom stereocenters. The van der Waals surface area contributed by atoms with E-state index in [-0.39, 0.29) is 17.6 Å². The Bertz CT molecular complexity index is 945. The van der Waals surface area contributed by atoms with E-state index in [2.05, 4.69) is 4.99 Å². The molecule has 2 aromatic rings. The van der Waals surface area contributed by atoms with E-state index in [0.717, 1.165) is 22.4 Å². The van der Waals surface area contributed by atoms with Gasteiger partial charge >= 0.3 is 0 Å². The highest BCUT2D eigenvalue weighted by molar-refractivity contribution is 6.32. The Morgan fingerprint density at radius 2 is 1.88 bits per heavy atom. The second-order valence-corrected chi connectivity index (χ2v) is 7.11. The number of aliphatic imine (C=N–C) groups is 1. The molecule has 0 aliphatic carbocycles. The van der Waals surface area contributed by atoms with Crippen LogP contribution in [0.1, 0.15) is 43.4 Å². The number of phenols is 1. The highest BCUT2D eigenvalue weighted by Crippen LogP contribution is 2.37. The molecule has 1 N–H and O–H groups in total. The lowest BCUT2D eigenvalue weighted by molar-refractivity contribution is -0.113. The standard InChI is InChI=1S/C21H21ClN2O2/c1-12(2)16-11-18(13(3)9-20(16)25)24-14(4)23-21(26)19(24)10-15-7-5-6-8-17(15)22/h5-12,25H,1-4H3. The summed E-state index contributed by atoms with van der Waals surface area (Å²) in [4.78, 5) is 18.4. The lowest BCUT2D eigenvalue weighted by Gasteiger charge is -2.24. The zero-order chi connectivity index (χ0) is 19.0. The monoisotopic (exact) mass is 368 g/mol. The van der Waals surface area contributed by atoms with Crippen molar-refractivity contribution in [3.63, 3.8) is 0 Å². The first-order valence-electron chi connectivity index (χ1n) is 8.49. The van der Waals surface area contributed by atoms with Crippen LogP contribution in [0.25, 0.3) is 6.08 Å². The lowest BCUT2D eigenvalue weighted by Crippen LogP contribution is -2.25. The number of amidine groups is 1. The van der Waals surface area contributed by atoms with Gasteiger partial charge in [-0.25, -0.2) is 0 Å². The normalized spacial score (nSPS) is 15.9. The number of aryl methyl sites for hydroxylation is 1. The molecule has 0 saturated heterocycles. The summed E-state index contributed by atoms with van der Waals surface area (Å²) in [5.41, 5.74) is 3.72. The van der Waals surface area contributed by atoms with Gasteiger partial charge in [-0.2, -0.15) is 4.99 Å². The molecule has 4 nitrogen and oxygen atoms in total. The van der Waals surface area contributed by atoms with Crippen molar-refractivity contribution in [3.05, 3.63) is 63.8 Å². The van der Waals surface area contributed by atoms with Crippen LogP contribution in [0, 0.1) is 6.92 Å². The van der Waals surface area contributed by atoms with E-state index >= 15 is 0 Å². The van der Waals surface area contributed by atoms with Gasteiger partial charge in [0.25, 0.3) is 5.91 Å². The molecule has 3 rings (SSSR count). The van der Waals surface area contributed by atoms with Crippen LogP contribution in [-0.2, 0) is 4.79 Å². The molecule has 0 aromatic heterocycles. The third-order valence-corrected chi connectivity index (χ3v) is 4.80. The minimum Gasteiger partial charge on any atom is -0.508 e. The van der Waals surface area contributed by atoms with Gasteiger partial charge in [0, 0.05) is 5.02 Å². The van der Waals surface area contributed by atoms with Crippen molar-refractivity contribution in [1.29, 1.82) is 0 Å². The van der Waals surface area contributed by atoms with Crippen molar-refractivity contribution >= 4 is 35.1 Å². The van der Waals surface area contributed by atoms with Gasteiger partial charge < -0.3 is 5.11 Å². The van der Waals surface area contributed by atoms with E-state index in [4.69, 9.17) is 11.6 Å². The average Bonchev–Trinajstić information content (AvgIpc) is 2.83. The van der Waals surface area contributed by atoms with Crippen molar-refractivity contribution in [2.45, 2.75) is 33.6 Å². The van der Waals surface area contributed by atoms with E-state index in [1.54, 1.807) is 25.1 Å². The number of hydrogen-bond donors (Lipinski definition) is 1.